The summed E-state index contributed by atoms with van der Waals surface area (Å²) in [7, 11) is 0. The zero-order valence-corrected chi connectivity index (χ0v) is 12.4. The summed E-state index contributed by atoms with van der Waals surface area (Å²) >= 11 is 0. The number of anilines is 3. The van der Waals surface area contributed by atoms with Gasteiger partial charge in [0.1, 0.15) is 0 Å². The van der Waals surface area contributed by atoms with Crippen LogP contribution in [0.3, 0.4) is 0 Å². The van der Waals surface area contributed by atoms with Gasteiger partial charge in [-0.05, 0) is 49.7 Å². The third-order valence-corrected chi connectivity index (χ3v) is 3.07. The van der Waals surface area contributed by atoms with Crippen LogP contribution in [0.25, 0.3) is 0 Å². The number of hydrogen-bond donors (Lipinski definition) is 2. The van der Waals surface area contributed by atoms with Crippen LogP contribution in [-0.4, -0.2) is 5.91 Å². The molecule has 0 aliphatic carbocycles. The van der Waals surface area contributed by atoms with Crippen LogP contribution in [-0.2, 0) is 4.79 Å². The fourth-order valence-corrected chi connectivity index (χ4v) is 1.95. The minimum absolute atomic E-state index is 0.0550. The molecule has 2 N–H and O–H groups in total. The summed E-state index contributed by atoms with van der Waals surface area (Å²) < 4.78 is 0. The van der Waals surface area contributed by atoms with Crippen LogP contribution in [0, 0.1) is 0 Å². The molecule has 0 radical (unpaired) electrons. The topological polar surface area (TPSA) is 41.1 Å². The minimum Gasteiger partial charge on any atom is -0.356 e. The smallest absolute Gasteiger partial charge is 0.250 e. The normalized spacial score (nSPS) is 11.0. The number of amides is 1. The van der Waals surface area contributed by atoms with Gasteiger partial charge in [-0.25, -0.2) is 0 Å². The van der Waals surface area contributed by atoms with Crippen molar-refractivity contribution >= 4 is 23.0 Å². The molecule has 0 heterocycles. The largest absolute Gasteiger partial charge is 0.356 e. The summed E-state index contributed by atoms with van der Waals surface area (Å²) in [5.74, 6) is -0.0550. The molecule has 108 valence electrons. The summed E-state index contributed by atoms with van der Waals surface area (Å²) in [4.78, 5) is 11.9. The van der Waals surface area contributed by atoms with E-state index >= 15 is 0 Å². The van der Waals surface area contributed by atoms with Crippen LogP contribution < -0.4 is 10.6 Å². The molecule has 0 saturated heterocycles. The Morgan fingerprint density at radius 1 is 0.952 bits per heavy atom. The van der Waals surface area contributed by atoms with E-state index in [1.54, 1.807) is 0 Å². The Morgan fingerprint density at radius 2 is 1.52 bits per heavy atom. The molecule has 0 atom stereocenters. The van der Waals surface area contributed by atoms with Gasteiger partial charge < -0.3 is 10.6 Å². The van der Waals surface area contributed by atoms with E-state index in [1.807, 2.05) is 74.5 Å². The fourth-order valence-electron chi connectivity index (χ4n) is 1.95. The molecule has 0 aliphatic heterocycles. The van der Waals surface area contributed by atoms with E-state index in [0.29, 0.717) is 0 Å². The van der Waals surface area contributed by atoms with Gasteiger partial charge in [0.05, 0.1) is 0 Å². The second-order valence-corrected chi connectivity index (χ2v) is 4.82. The van der Waals surface area contributed by atoms with Crippen molar-refractivity contribution in [2.75, 3.05) is 10.6 Å². The van der Waals surface area contributed by atoms with E-state index in [1.165, 1.54) is 0 Å². The molecule has 0 aliphatic rings. The van der Waals surface area contributed by atoms with Crippen molar-refractivity contribution in [1.82, 2.24) is 0 Å². The second-order valence-electron chi connectivity index (χ2n) is 4.82. The number of para-hydroxylation sites is 1. The molecule has 2 rings (SSSR count). The monoisotopic (exact) mass is 280 g/mol. The number of carbonyl (C=O) groups excluding carboxylic acids is 1. The van der Waals surface area contributed by atoms with Gasteiger partial charge in [0.2, 0.25) is 0 Å². The van der Waals surface area contributed by atoms with Crippen LogP contribution in [0.4, 0.5) is 17.1 Å². The SMILES string of the molecule is CC/C=C(/C)C(=O)Nc1ccc(Nc2ccccc2)cc1. The van der Waals surface area contributed by atoms with Crippen LogP contribution in [0.2, 0.25) is 0 Å². The summed E-state index contributed by atoms with van der Waals surface area (Å²) in [6.07, 6.45) is 2.78. The van der Waals surface area contributed by atoms with Crippen molar-refractivity contribution in [2.45, 2.75) is 20.3 Å². The summed E-state index contributed by atoms with van der Waals surface area (Å²) in [6.45, 7) is 3.84. The van der Waals surface area contributed by atoms with E-state index in [0.717, 1.165) is 29.1 Å². The van der Waals surface area contributed by atoms with Crippen LogP contribution in [0.5, 0.6) is 0 Å². The summed E-state index contributed by atoms with van der Waals surface area (Å²) in [5.41, 5.74) is 3.56. The van der Waals surface area contributed by atoms with Crippen molar-refractivity contribution in [3.05, 3.63) is 66.2 Å². The lowest BCUT2D eigenvalue weighted by molar-refractivity contribution is -0.112. The van der Waals surface area contributed by atoms with Gasteiger partial charge in [0.15, 0.2) is 0 Å². The Bertz CT molecular complexity index is 615. The Kier molecular flexibility index (Phi) is 5.16. The molecule has 0 aromatic heterocycles. The first-order chi connectivity index (χ1) is 10.2. The van der Waals surface area contributed by atoms with Crippen LogP contribution in [0.1, 0.15) is 20.3 Å². The first-order valence-corrected chi connectivity index (χ1v) is 7.09. The highest BCUT2D eigenvalue weighted by atomic mass is 16.1. The van der Waals surface area contributed by atoms with Gasteiger partial charge in [0.25, 0.3) is 5.91 Å². The molecule has 1 amide bonds. The molecule has 2 aromatic carbocycles. The van der Waals surface area contributed by atoms with E-state index in [-0.39, 0.29) is 5.91 Å². The number of benzene rings is 2. The van der Waals surface area contributed by atoms with E-state index < -0.39 is 0 Å². The molecule has 0 fully saturated rings. The Hall–Kier alpha value is -2.55. The highest BCUT2D eigenvalue weighted by Crippen LogP contribution is 2.18. The van der Waals surface area contributed by atoms with Crippen molar-refractivity contribution in [2.24, 2.45) is 0 Å². The lowest BCUT2D eigenvalue weighted by Gasteiger charge is -2.09. The van der Waals surface area contributed by atoms with Gasteiger partial charge in [-0.1, -0.05) is 31.2 Å². The highest BCUT2D eigenvalue weighted by Gasteiger charge is 2.04. The van der Waals surface area contributed by atoms with Crippen LogP contribution in [0.15, 0.2) is 66.2 Å². The zero-order valence-electron chi connectivity index (χ0n) is 12.4. The number of hydrogen-bond acceptors (Lipinski definition) is 2. The summed E-state index contributed by atoms with van der Waals surface area (Å²) in [5, 5.41) is 6.19. The Morgan fingerprint density at radius 3 is 2.14 bits per heavy atom. The third-order valence-electron chi connectivity index (χ3n) is 3.07. The van der Waals surface area contributed by atoms with Crippen molar-refractivity contribution < 1.29 is 4.79 Å². The maximum atomic E-state index is 11.9. The number of allylic oxidation sites excluding steroid dienone is 1. The Labute approximate surface area is 125 Å². The highest BCUT2D eigenvalue weighted by molar-refractivity contribution is 6.03. The van der Waals surface area contributed by atoms with Crippen molar-refractivity contribution in [3.8, 4) is 0 Å². The van der Waals surface area contributed by atoms with Gasteiger partial charge >= 0.3 is 0 Å². The molecular weight excluding hydrogens is 260 g/mol. The average Bonchev–Trinajstić information content (AvgIpc) is 2.50. The molecule has 0 unspecified atom stereocenters. The summed E-state index contributed by atoms with van der Waals surface area (Å²) in [6, 6.07) is 17.6. The fraction of sp³-hybridized carbons (Fsp3) is 0.167. The third kappa shape index (κ3) is 4.49. The maximum absolute atomic E-state index is 11.9. The average molecular weight is 280 g/mol. The van der Waals surface area contributed by atoms with Gasteiger partial charge in [-0.15, -0.1) is 0 Å². The molecular formula is C18H20N2O. The van der Waals surface area contributed by atoms with E-state index in [9.17, 15) is 4.79 Å². The zero-order chi connectivity index (χ0) is 15.1. The lowest BCUT2D eigenvalue weighted by Crippen LogP contribution is -2.12. The maximum Gasteiger partial charge on any atom is 0.250 e. The van der Waals surface area contributed by atoms with E-state index in [2.05, 4.69) is 10.6 Å². The predicted octanol–water partition coefficient (Wildman–Crippen LogP) is 4.73. The quantitative estimate of drug-likeness (QED) is 0.778. The molecule has 0 bridgehead atoms. The lowest BCUT2D eigenvalue weighted by atomic mass is 10.2. The second kappa shape index (κ2) is 7.29. The minimum atomic E-state index is -0.0550. The number of rotatable bonds is 5. The molecule has 0 saturated carbocycles. The Balaban J connectivity index is 1.99. The van der Waals surface area contributed by atoms with E-state index in [4.69, 9.17) is 0 Å². The molecule has 0 spiro atoms. The molecule has 2 aromatic rings. The van der Waals surface area contributed by atoms with Gasteiger partial charge in [-0.2, -0.15) is 0 Å². The molecule has 21 heavy (non-hydrogen) atoms. The first-order valence-electron chi connectivity index (χ1n) is 7.09. The van der Waals surface area contributed by atoms with Crippen molar-refractivity contribution in [1.29, 1.82) is 0 Å². The predicted molar refractivity (Wildman–Crippen MR) is 88.8 cm³/mol. The van der Waals surface area contributed by atoms with Crippen molar-refractivity contribution in [3.63, 3.8) is 0 Å². The molecule has 3 nitrogen and oxygen atoms in total. The number of carbonyl (C=O) groups is 1. The standard InChI is InChI=1S/C18H20N2O/c1-3-7-14(2)18(21)20-17-12-10-16(11-13-17)19-15-8-5-4-6-9-15/h4-13,19H,3H2,1-2H3,(H,20,21)/b14-7-. The van der Waals surface area contributed by atoms with Crippen LogP contribution >= 0.6 is 0 Å². The molecule has 3 heteroatoms. The first kappa shape index (κ1) is 14.9. The number of nitrogens with one attached hydrogen (secondary N) is 2. The van der Waals surface area contributed by atoms with Gasteiger partial charge in [-0.3, -0.25) is 4.79 Å². The van der Waals surface area contributed by atoms with Gasteiger partial charge in [0, 0.05) is 22.6 Å².